The number of hydrogen-bond acceptors (Lipinski definition) is 4. The molecule has 1 heterocycles. The van der Waals surface area contributed by atoms with Gasteiger partial charge in [-0.1, -0.05) is 28.1 Å². The fraction of sp³-hybridized carbons (Fsp3) is 0.227. The molecule has 0 unspecified atom stereocenters. The van der Waals surface area contributed by atoms with E-state index in [4.69, 9.17) is 4.74 Å². The number of nitrogens with zero attached hydrogens (tertiary/aromatic N) is 1. The maximum absolute atomic E-state index is 12.9. The highest BCUT2D eigenvalue weighted by Crippen LogP contribution is 2.53. The number of carbonyl (C=O) groups is 3. The summed E-state index contributed by atoms with van der Waals surface area (Å²) >= 11 is 3.33. The van der Waals surface area contributed by atoms with Crippen LogP contribution < -0.4 is 9.64 Å². The van der Waals surface area contributed by atoms with Crippen molar-refractivity contribution in [1.29, 1.82) is 0 Å². The number of rotatable bonds is 3. The topological polar surface area (TPSA) is 63.7 Å². The number of benzene rings is 2. The van der Waals surface area contributed by atoms with Gasteiger partial charge in [0.2, 0.25) is 11.8 Å². The first-order valence-corrected chi connectivity index (χ1v) is 9.96. The third-order valence-corrected chi connectivity index (χ3v) is 6.38. The number of allylic oxidation sites excluding steroid dienone is 2. The molecule has 1 aliphatic heterocycles. The van der Waals surface area contributed by atoms with Crippen LogP contribution in [0.15, 0.2) is 65.2 Å². The van der Waals surface area contributed by atoms with Crippen LogP contribution in [-0.2, 0) is 9.59 Å². The molecule has 5 nitrogen and oxygen atoms in total. The maximum atomic E-state index is 12.9. The van der Waals surface area contributed by atoms with Gasteiger partial charge in [-0.25, -0.2) is 4.79 Å². The van der Waals surface area contributed by atoms with Crippen LogP contribution in [-0.4, -0.2) is 17.8 Å². The highest BCUT2D eigenvalue weighted by molar-refractivity contribution is 9.10. The van der Waals surface area contributed by atoms with Gasteiger partial charge >= 0.3 is 5.97 Å². The second kappa shape index (κ2) is 6.41. The molecule has 5 rings (SSSR count). The predicted octanol–water partition coefficient (Wildman–Crippen LogP) is 3.98. The molecule has 0 N–H and O–H groups in total. The molecule has 2 aliphatic carbocycles. The lowest BCUT2D eigenvalue weighted by Gasteiger charge is -2.17. The molecule has 0 aromatic heterocycles. The summed E-state index contributed by atoms with van der Waals surface area (Å²) in [7, 11) is 0. The summed E-state index contributed by atoms with van der Waals surface area (Å²) in [4.78, 5) is 39.3. The number of amides is 2. The number of ether oxygens (including phenoxy) is 1. The number of imide groups is 1. The summed E-state index contributed by atoms with van der Waals surface area (Å²) in [5.41, 5.74) is 0.858. The summed E-state index contributed by atoms with van der Waals surface area (Å²) in [6.45, 7) is 0. The Bertz CT molecular complexity index is 982. The van der Waals surface area contributed by atoms with Crippen molar-refractivity contribution in [2.75, 3.05) is 4.90 Å². The van der Waals surface area contributed by atoms with Crippen LogP contribution in [0.1, 0.15) is 16.8 Å². The monoisotopic (exact) mass is 437 g/mol. The first-order valence-electron chi connectivity index (χ1n) is 9.17. The second-order valence-corrected chi connectivity index (χ2v) is 8.32. The number of halogens is 1. The third-order valence-electron chi connectivity index (χ3n) is 5.86. The van der Waals surface area contributed by atoms with Crippen molar-refractivity contribution in [3.05, 3.63) is 70.7 Å². The smallest absolute Gasteiger partial charge is 0.343 e. The number of fused-ring (bicyclic) bond motifs is 5. The highest BCUT2D eigenvalue weighted by atomic mass is 79.9. The van der Waals surface area contributed by atoms with Crippen molar-refractivity contribution in [2.45, 2.75) is 6.42 Å². The molecule has 140 valence electrons. The van der Waals surface area contributed by atoms with Gasteiger partial charge in [-0.05, 0) is 66.8 Å². The Balaban J connectivity index is 1.34. The van der Waals surface area contributed by atoms with Crippen LogP contribution in [0, 0.1) is 23.7 Å². The number of hydrogen-bond donors (Lipinski definition) is 0. The van der Waals surface area contributed by atoms with Crippen LogP contribution in [0.3, 0.4) is 0 Å². The normalized spacial score (nSPS) is 27.4. The molecule has 2 aromatic rings. The summed E-state index contributed by atoms with van der Waals surface area (Å²) in [6.07, 6.45) is 5.05. The van der Waals surface area contributed by atoms with E-state index < -0.39 is 5.97 Å². The van der Waals surface area contributed by atoms with Gasteiger partial charge in [0.15, 0.2) is 0 Å². The van der Waals surface area contributed by atoms with Crippen molar-refractivity contribution in [2.24, 2.45) is 23.7 Å². The largest absolute Gasteiger partial charge is 0.423 e. The first kappa shape index (κ1) is 17.4. The second-order valence-electron chi connectivity index (χ2n) is 7.40. The van der Waals surface area contributed by atoms with Gasteiger partial charge in [-0.2, -0.15) is 0 Å². The van der Waals surface area contributed by atoms with Crippen LogP contribution in [0.5, 0.6) is 5.75 Å². The number of carbonyl (C=O) groups excluding carboxylic acids is 3. The number of anilines is 1. The maximum Gasteiger partial charge on any atom is 0.343 e. The van der Waals surface area contributed by atoms with Crippen LogP contribution >= 0.6 is 15.9 Å². The van der Waals surface area contributed by atoms with E-state index in [0.717, 1.165) is 10.9 Å². The van der Waals surface area contributed by atoms with Crippen molar-refractivity contribution in [1.82, 2.24) is 0 Å². The molecule has 2 aromatic carbocycles. The first-order chi connectivity index (χ1) is 13.5. The zero-order valence-corrected chi connectivity index (χ0v) is 16.3. The van der Waals surface area contributed by atoms with E-state index in [-0.39, 0.29) is 35.5 Å². The molecule has 1 saturated carbocycles. The van der Waals surface area contributed by atoms with Gasteiger partial charge in [0, 0.05) is 4.47 Å². The minimum absolute atomic E-state index is 0.128. The minimum atomic E-state index is -0.493. The van der Waals surface area contributed by atoms with Crippen LogP contribution in [0.2, 0.25) is 0 Å². The van der Waals surface area contributed by atoms with E-state index in [1.807, 2.05) is 0 Å². The Morgan fingerprint density at radius 3 is 2.04 bits per heavy atom. The van der Waals surface area contributed by atoms with E-state index in [2.05, 4.69) is 28.1 Å². The van der Waals surface area contributed by atoms with Gasteiger partial charge in [0.05, 0.1) is 23.1 Å². The SMILES string of the molecule is O=C(Oc1ccc(Br)cc1)c1ccc(N2C(=O)[C@@H]3[C@@H](C2=O)[C@H]2C=C[C@@H]3C2)cc1. The lowest BCUT2D eigenvalue weighted by Crippen LogP contribution is -2.32. The zero-order chi connectivity index (χ0) is 19.4. The number of esters is 1. The van der Waals surface area contributed by atoms with E-state index >= 15 is 0 Å². The molecule has 6 heteroatoms. The minimum Gasteiger partial charge on any atom is -0.423 e. The predicted molar refractivity (Wildman–Crippen MR) is 106 cm³/mol. The molecule has 4 atom stereocenters. The van der Waals surface area contributed by atoms with Gasteiger partial charge in [0.25, 0.3) is 0 Å². The average molecular weight is 438 g/mol. The van der Waals surface area contributed by atoms with E-state index in [0.29, 0.717) is 17.0 Å². The van der Waals surface area contributed by atoms with Crippen molar-refractivity contribution in [3.63, 3.8) is 0 Å². The van der Waals surface area contributed by atoms with Gasteiger partial charge < -0.3 is 4.74 Å². The molecule has 3 aliphatic rings. The molecular formula is C22H16BrNO4. The molecule has 2 fully saturated rings. The summed E-state index contributed by atoms with van der Waals surface area (Å²) in [5.74, 6) is -0.415. The Labute approximate surface area is 170 Å². The molecule has 28 heavy (non-hydrogen) atoms. The van der Waals surface area contributed by atoms with Crippen LogP contribution in [0.25, 0.3) is 0 Å². The molecule has 0 spiro atoms. The summed E-state index contributed by atoms with van der Waals surface area (Å²) in [6, 6.07) is 13.4. The Hall–Kier alpha value is -2.73. The molecule has 2 bridgehead atoms. The van der Waals surface area contributed by atoms with Crippen molar-refractivity contribution < 1.29 is 19.1 Å². The van der Waals surface area contributed by atoms with E-state index in [9.17, 15) is 14.4 Å². The Morgan fingerprint density at radius 1 is 0.893 bits per heavy atom. The van der Waals surface area contributed by atoms with Crippen LogP contribution in [0.4, 0.5) is 5.69 Å². The van der Waals surface area contributed by atoms with Gasteiger partial charge in [-0.3, -0.25) is 14.5 Å². The standard InChI is InChI=1S/C22H16BrNO4/c23-15-5-9-17(10-6-15)28-22(27)12-3-7-16(8-4-12)24-20(25)18-13-1-2-14(11-13)19(18)21(24)26/h1-10,13-14,18-19H,11H2/t13-,14+,18-,19-/m0/s1. The van der Waals surface area contributed by atoms with Crippen molar-refractivity contribution >= 4 is 39.4 Å². The highest BCUT2D eigenvalue weighted by Gasteiger charge is 2.59. The van der Waals surface area contributed by atoms with E-state index in [1.54, 1.807) is 48.5 Å². The summed E-state index contributed by atoms with van der Waals surface area (Å²) < 4.78 is 6.24. The van der Waals surface area contributed by atoms with Crippen molar-refractivity contribution in [3.8, 4) is 5.75 Å². The quantitative estimate of drug-likeness (QED) is 0.315. The lowest BCUT2D eigenvalue weighted by molar-refractivity contribution is -0.123. The Morgan fingerprint density at radius 2 is 1.46 bits per heavy atom. The van der Waals surface area contributed by atoms with E-state index in [1.165, 1.54) is 4.90 Å². The lowest BCUT2D eigenvalue weighted by atomic mass is 9.85. The van der Waals surface area contributed by atoms with Gasteiger partial charge in [0.1, 0.15) is 5.75 Å². The molecule has 2 amide bonds. The fourth-order valence-electron chi connectivity index (χ4n) is 4.57. The fourth-order valence-corrected chi connectivity index (χ4v) is 4.84. The molecular weight excluding hydrogens is 422 g/mol. The third kappa shape index (κ3) is 2.63. The average Bonchev–Trinajstić information content (AvgIpc) is 3.38. The molecule has 1 saturated heterocycles. The summed E-state index contributed by atoms with van der Waals surface area (Å²) in [5, 5.41) is 0. The Kier molecular flexibility index (Phi) is 3.98. The zero-order valence-electron chi connectivity index (χ0n) is 14.7. The molecule has 0 radical (unpaired) electrons. The van der Waals surface area contributed by atoms with Gasteiger partial charge in [-0.15, -0.1) is 0 Å².